The Bertz CT molecular complexity index is 1160. The number of esters is 2. The highest BCUT2D eigenvalue weighted by Crippen LogP contribution is 2.15. The number of hydrogen-bond acceptors (Lipinski definition) is 5. The summed E-state index contributed by atoms with van der Waals surface area (Å²) >= 11 is 0. The normalized spacial score (nSPS) is 12.9. The number of ether oxygens (including phenoxy) is 3. The molecule has 0 spiro atoms. The Morgan fingerprint density at radius 1 is 0.355 bits per heavy atom. The van der Waals surface area contributed by atoms with Crippen LogP contribution in [0.5, 0.6) is 0 Å². The Kier molecular flexibility index (Phi) is 50.0. The van der Waals surface area contributed by atoms with Crippen LogP contribution in [0.2, 0.25) is 0 Å². The zero-order valence-electron chi connectivity index (χ0n) is 40.9. The Labute approximate surface area is 384 Å². The van der Waals surface area contributed by atoms with Crippen molar-refractivity contribution in [3.8, 4) is 0 Å². The fourth-order valence-corrected chi connectivity index (χ4v) is 7.02. The minimum atomic E-state index is -0.435. The van der Waals surface area contributed by atoms with Gasteiger partial charge in [-0.15, -0.1) is 0 Å². The fraction of sp³-hybridized carbons (Fsp3) is 0.719. The lowest BCUT2D eigenvalue weighted by atomic mass is 10.0. The van der Waals surface area contributed by atoms with Crippen LogP contribution in [-0.4, -0.2) is 37.9 Å². The summed E-state index contributed by atoms with van der Waals surface area (Å²) in [6.07, 6.45) is 69.1. The van der Waals surface area contributed by atoms with Crippen LogP contribution < -0.4 is 0 Å². The van der Waals surface area contributed by atoms with Crippen LogP contribution in [0.25, 0.3) is 0 Å². The van der Waals surface area contributed by atoms with E-state index in [1.165, 1.54) is 122 Å². The van der Waals surface area contributed by atoms with Crippen LogP contribution in [0.4, 0.5) is 0 Å². The molecule has 1 atom stereocenters. The van der Waals surface area contributed by atoms with Crippen LogP contribution in [0, 0.1) is 0 Å². The first-order valence-electron chi connectivity index (χ1n) is 26.1. The SMILES string of the molecule is CC/C=C\C/C=C\C/C=C\C/C=C\C/C=C\C/C=C\CCC(=O)OC[C@H](COC(=O)CCCCCCC/C=C\CCCC)OCCCCCCCCCCCCCCCCCC. The molecule has 0 aromatic heterocycles. The Hall–Kier alpha value is -2.92. The van der Waals surface area contributed by atoms with E-state index in [-0.39, 0.29) is 25.2 Å². The highest BCUT2D eigenvalue weighted by molar-refractivity contribution is 5.70. The van der Waals surface area contributed by atoms with Crippen molar-refractivity contribution in [2.45, 2.75) is 245 Å². The maximum Gasteiger partial charge on any atom is 0.306 e. The maximum atomic E-state index is 12.6. The lowest BCUT2D eigenvalue weighted by Gasteiger charge is -2.18. The topological polar surface area (TPSA) is 61.8 Å². The number of hydrogen-bond donors (Lipinski definition) is 0. The predicted octanol–water partition coefficient (Wildman–Crippen LogP) is 17.7. The van der Waals surface area contributed by atoms with E-state index in [1.54, 1.807) is 0 Å². The molecular formula is C57H98O5. The Morgan fingerprint density at radius 3 is 1.18 bits per heavy atom. The second-order valence-electron chi connectivity index (χ2n) is 17.0. The van der Waals surface area contributed by atoms with Gasteiger partial charge in [0, 0.05) is 19.4 Å². The van der Waals surface area contributed by atoms with Gasteiger partial charge in [-0.1, -0.05) is 234 Å². The van der Waals surface area contributed by atoms with Crippen molar-refractivity contribution < 1.29 is 23.8 Å². The van der Waals surface area contributed by atoms with Gasteiger partial charge < -0.3 is 14.2 Å². The fourth-order valence-electron chi connectivity index (χ4n) is 7.02. The molecule has 0 saturated carbocycles. The number of carbonyl (C=O) groups excluding carboxylic acids is 2. The van der Waals surface area contributed by atoms with Gasteiger partial charge in [0.15, 0.2) is 0 Å². The van der Waals surface area contributed by atoms with Crippen molar-refractivity contribution in [1.29, 1.82) is 0 Å². The second-order valence-corrected chi connectivity index (χ2v) is 17.0. The average Bonchev–Trinajstić information content (AvgIpc) is 3.28. The zero-order chi connectivity index (χ0) is 44.9. The van der Waals surface area contributed by atoms with Crippen LogP contribution in [0.3, 0.4) is 0 Å². The minimum Gasteiger partial charge on any atom is -0.463 e. The van der Waals surface area contributed by atoms with Gasteiger partial charge in [0.2, 0.25) is 0 Å². The van der Waals surface area contributed by atoms with Crippen LogP contribution in [0.1, 0.15) is 239 Å². The highest BCUT2D eigenvalue weighted by atomic mass is 16.6. The minimum absolute atomic E-state index is 0.113. The standard InChI is InChI=1S/C57H98O5/c1-4-7-10-13-16-19-22-24-26-28-29-30-31-33-36-39-42-45-48-51-57(59)62-54-55(53-61-56(58)50-47-44-41-38-35-21-18-15-12-9-6-3)60-52-49-46-43-40-37-34-32-27-25-23-20-17-14-11-8-5-2/h7,10,15-16,18-19,24,26,29-30,33,36,42,45,55H,4-6,8-9,11-14,17,20-23,25,27-28,31-32,34-35,37-41,43-44,46-54H2,1-3H3/b10-7-,18-15-,19-16-,26-24-,30-29-,36-33-,45-42-/t55-/m0/s1. The summed E-state index contributed by atoms with van der Waals surface area (Å²) in [5.74, 6) is -0.438. The molecule has 62 heavy (non-hydrogen) atoms. The van der Waals surface area contributed by atoms with E-state index in [2.05, 4.69) is 99.8 Å². The maximum absolute atomic E-state index is 12.6. The van der Waals surface area contributed by atoms with Crippen molar-refractivity contribution in [1.82, 2.24) is 0 Å². The van der Waals surface area contributed by atoms with Crippen molar-refractivity contribution >= 4 is 11.9 Å². The molecule has 0 N–H and O–H groups in total. The quantitative estimate of drug-likeness (QED) is 0.0346. The van der Waals surface area contributed by atoms with E-state index in [0.29, 0.717) is 25.9 Å². The van der Waals surface area contributed by atoms with E-state index in [0.717, 1.165) is 77.0 Å². The summed E-state index contributed by atoms with van der Waals surface area (Å²) in [6.45, 7) is 7.50. The van der Waals surface area contributed by atoms with E-state index in [4.69, 9.17) is 14.2 Å². The van der Waals surface area contributed by atoms with Gasteiger partial charge in [-0.2, -0.15) is 0 Å². The summed E-state index contributed by atoms with van der Waals surface area (Å²) in [6, 6.07) is 0. The highest BCUT2D eigenvalue weighted by Gasteiger charge is 2.15. The van der Waals surface area contributed by atoms with Gasteiger partial charge in [-0.05, 0) is 77.0 Å². The summed E-state index contributed by atoms with van der Waals surface area (Å²) in [5.41, 5.74) is 0. The molecule has 0 aliphatic carbocycles. The van der Waals surface area contributed by atoms with Crippen molar-refractivity contribution in [3.05, 3.63) is 85.1 Å². The van der Waals surface area contributed by atoms with Crippen molar-refractivity contribution in [2.75, 3.05) is 19.8 Å². The molecule has 5 nitrogen and oxygen atoms in total. The van der Waals surface area contributed by atoms with Crippen LogP contribution in [-0.2, 0) is 23.8 Å². The summed E-state index contributed by atoms with van der Waals surface area (Å²) in [4.78, 5) is 25.1. The van der Waals surface area contributed by atoms with Crippen LogP contribution in [0.15, 0.2) is 85.1 Å². The van der Waals surface area contributed by atoms with Crippen LogP contribution >= 0.6 is 0 Å². The van der Waals surface area contributed by atoms with Gasteiger partial charge in [0.1, 0.15) is 19.3 Å². The summed E-state index contributed by atoms with van der Waals surface area (Å²) in [5, 5.41) is 0. The Balaban J connectivity index is 4.36. The molecule has 0 saturated heterocycles. The van der Waals surface area contributed by atoms with Gasteiger partial charge in [0.05, 0.1) is 0 Å². The lowest BCUT2D eigenvalue weighted by Crippen LogP contribution is -2.29. The average molecular weight is 863 g/mol. The number of carbonyl (C=O) groups is 2. The zero-order valence-corrected chi connectivity index (χ0v) is 40.9. The molecule has 0 bridgehead atoms. The van der Waals surface area contributed by atoms with Crippen molar-refractivity contribution in [2.24, 2.45) is 0 Å². The molecule has 0 aromatic rings. The third kappa shape index (κ3) is 49.7. The smallest absolute Gasteiger partial charge is 0.306 e. The van der Waals surface area contributed by atoms with Crippen molar-refractivity contribution in [3.63, 3.8) is 0 Å². The van der Waals surface area contributed by atoms with Gasteiger partial charge in [-0.25, -0.2) is 0 Å². The predicted molar refractivity (Wildman–Crippen MR) is 270 cm³/mol. The number of unbranched alkanes of at least 4 members (excludes halogenated alkanes) is 22. The molecule has 0 aliphatic rings. The molecule has 0 fully saturated rings. The van der Waals surface area contributed by atoms with E-state index >= 15 is 0 Å². The van der Waals surface area contributed by atoms with Gasteiger partial charge >= 0.3 is 11.9 Å². The molecule has 0 radical (unpaired) electrons. The second kappa shape index (κ2) is 52.4. The van der Waals surface area contributed by atoms with E-state index < -0.39 is 6.10 Å². The third-order valence-corrected chi connectivity index (χ3v) is 11.0. The third-order valence-electron chi connectivity index (χ3n) is 11.0. The van der Waals surface area contributed by atoms with Gasteiger partial charge in [0.25, 0.3) is 0 Å². The molecular weight excluding hydrogens is 765 g/mol. The molecule has 5 heteroatoms. The lowest BCUT2D eigenvalue weighted by molar-refractivity contribution is -0.155. The first kappa shape index (κ1) is 59.1. The molecule has 356 valence electrons. The first-order valence-corrected chi connectivity index (χ1v) is 26.1. The van der Waals surface area contributed by atoms with E-state index in [1.807, 2.05) is 6.08 Å². The Morgan fingerprint density at radius 2 is 0.710 bits per heavy atom. The largest absolute Gasteiger partial charge is 0.463 e. The van der Waals surface area contributed by atoms with E-state index in [9.17, 15) is 9.59 Å². The summed E-state index contributed by atoms with van der Waals surface area (Å²) in [7, 11) is 0. The number of rotatable bonds is 47. The summed E-state index contributed by atoms with van der Waals surface area (Å²) < 4.78 is 17.4. The first-order chi connectivity index (χ1) is 30.6. The molecule has 0 rings (SSSR count). The molecule has 0 unspecified atom stereocenters. The molecule has 0 heterocycles. The molecule has 0 aliphatic heterocycles. The van der Waals surface area contributed by atoms with Gasteiger partial charge in [-0.3, -0.25) is 9.59 Å². The molecule has 0 amide bonds. The monoisotopic (exact) mass is 863 g/mol. The molecule has 0 aromatic carbocycles. The number of allylic oxidation sites excluding steroid dienone is 14.